The van der Waals surface area contributed by atoms with Crippen molar-refractivity contribution in [2.75, 3.05) is 0 Å². The van der Waals surface area contributed by atoms with Gasteiger partial charge in [-0.1, -0.05) is 49.7 Å². The molecule has 0 spiro atoms. The molecule has 1 aliphatic rings. The van der Waals surface area contributed by atoms with Crippen LogP contribution in [0.25, 0.3) is 10.8 Å². The van der Waals surface area contributed by atoms with Gasteiger partial charge in [-0.05, 0) is 37.5 Å². The van der Waals surface area contributed by atoms with Gasteiger partial charge in [-0.2, -0.15) is 0 Å². The normalized spacial score (nSPS) is 24.0. The molecule has 0 amide bonds. The molecule has 1 aliphatic carbocycles. The third kappa shape index (κ3) is 3.06. The Morgan fingerprint density at radius 3 is 2.71 bits per heavy atom. The molecule has 0 bridgehead atoms. The molecule has 21 heavy (non-hydrogen) atoms. The Bertz CT molecular complexity index is 618. The minimum atomic E-state index is -0.509. The van der Waals surface area contributed by atoms with Gasteiger partial charge < -0.3 is 9.84 Å². The molecule has 1 fully saturated rings. The monoisotopic (exact) mass is 284 g/mol. The van der Waals surface area contributed by atoms with Gasteiger partial charge in [-0.25, -0.2) is 0 Å². The summed E-state index contributed by atoms with van der Waals surface area (Å²) in [6, 6.07) is 12.3. The molecule has 1 N–H and O–H groups in total. The van der Waals surface area contributed by atoms with Crippen LogP contribution in [0.1, 0.15) is 51.2 Å². The van der Waals surface area contributed by atoms with Gasteiger partial charge in [0.1, 0.15) is 5.75 Å². The number of aliphatic hydroxyl groups is 1. The van der Waals surface area contributed by atoms with Crippen molar-refractivity contribution in [2.24, 2.45) is 5.92 Å². The molecule has 0 saturated heterocycles. The maximum atomic E-state index is 10.1. The van der Waals surface area contributed by atoms with E-state index in [1.807, 2.05) is 18.2 Å². The molecule has 3 atom stereocenters. The third-order valence-corrected chi connectivity index (χ3v) is 4.53. The lowest BCUT2D eigenvalue weighted by Gasteiger charge is -2.29. The summed E-state index contributed by atoms with van der Waals surface area (Å²) in [7, 11) is 0. The molecule has 2 heteroatoms. The summed E-state index contributed by atoms with van der Waals surface area (Å²) in [6.07, 6.45) is 4.54. The molecule has 3 unspecified atom stereocenters. The molecule has 1 saturated carbocycles. The molecule has 3 rings (SSSR count). The number of rotatable bonds is 3. The van der Waals surface area contributed by atoms with E-state index in [4.69, 9.17) is 4.74 Å². The summed E-state index contributed by atoms with van der Waals surface area (Å²) in [6.45, 7) is 4.11. The highest BCUT2D eigenvalue weighted by molar-refractivity contribution is 5.89. The van der Waals surface area contributed by atoms with E-state index in [2.05, 4.69) is 25.1 Å². The standard InChI is InChI=1S/C19H24O2/c1-13-6-5-8-16(12-13)21-19-17(14(2)20)11-10-15-7-3-4-9-18(15)19/h3-4,7,9-11,13-14,16,20H,5-6,8,12H2,1-2H3. The predicted molar refractivity (Wildman–Crippen MR) is 86.6 cm³/mol. The summed E-state index contributed by atoms with van der Waals surface area (Å²) in [4.78, 5) is 0. The van der Waals surface area contributed by atoms with Gasteiger partial charge in [-0.15, -0.1) is 0 Å². The second-order valence-corrected chi connectivity index (χ2v) is 6.39. The first kappa shape index (κ1) is 14.4. The van der Waals surface area contributed by atoms with Crippen LogP contribution in [0.4, 0.5) is 0 Å². The molecule has 0 aliphatic heterocycles. The number of ether oxygens (including phenoxy) is 1. The van der Waals surface area contributed by atoms with Gasteiger partial charge in [-0.3, -0.25) is 0 Å². The number of aliphatic hydroxyl groups excluding tert-OH is 1. The Hall–Kier alpha value is -1.54. The zero-order valence-electron chi connectivity index (χ0n) is 12.9. The highest BCUT2D eigenvalue weighted by atomic mass is 16.5. The van der Waals surface area contributed by atoms with Crippen molar-refractivity contribution in [1.82, 2.24) is 0 Å². The highest BCUT2D eigenvalue weighted by Gasteiger charge is 2.23. The fourth-order valence-electron chi connectivity index (χ4n) is 3.37. The van der Waals surface area contributed by atoms with Crippen molar-refractivity contribution in [3.63, 3.8) is 0 Å². The summed E-state index contributed by atoms with van der Waals surface area (Å²) in [5, 5.41) is 12.3. The van der Waals surface area contributed by atoms with E-state index in [0.29, 0.717) is 0 Å². The molecular formula is C19H24O2. The van der Waals surface area contributed by atoms with E-state index >= 15 is 0 Å². The highest BCUT2D eigenvalue weighted by Crippen LogP contribution is 2.36. The average Bonchev–Trinajstić information content (AvgIpc) is 2.47. The van der Waals surface area contributed by atoms with Crippen molar-refractivity contribution in [1.29, 1.82) is 0 Å². The summed E-state index contributed by atoms with van der Waals surface area (Å²) >= 11 is 0. The molecule has 0 heterocycles. The predicted octanol–water partition coefficient (Wildman–Crippen LogP) is 4.85. The van der Waals surface area contributed by atoms with Gasteiger partial charge in [0, 0.05) is 10.9 Å². The zero-order valence-corrected chi connectivity index (χ0v) is 12.9. The smallest absolute Gasteiger partial charge is 0.133 e. The van der Waals surface area contributed by atoms with Gasteiger partial charge >= 0.3 is 0 Å². The molecule has 0 aromatic heterocycles. The number of hydrogen-bond donors (Lipinski definition) is 1. The first-order valence-electron chi connectivity index (χ1n) is 8.01. The number of fused-ring (bicyclic) bond motifs is 1. The van der Waals surface area contributed by atoms with Crippen LogP contribution in [0, 0.1) is 5.92 Å². The minimum Gasteiger partial charge on any atom is -0.489 e. The van der Waals surface area contributed by atoms with Gasteiger partial charge in [0.05, 0.1) is 12.2 Å². The Balaban J connectivity index is 1.99. The van der Waals surface area contributed by atoms with Crippen LogP contribution in [-0.4, -0.2) is 11.2 Å². The Morgan fingerprint density at radius 1 is 1.14 bits per heavy atom. The first-order valence-corrected chi connectivity index (χ1v) is 8.01. The van der Waals surface area contributed by atoms with Crippen LogP contribution in [0.2, 0.25) is 0 Å². The van der Waals surface area contributed by atoms with E-state index < -0.39 is 6.10 Å². The lowest BCUT2D eigenvalue weighted by molar-refractivity contribution is 0.123. The number of hydrogen-bond acceptors (Lipinski definition) is 2. The van der Waals surface area contributed by atoms with E-state index in [9.17, 15) is 5.11 Å². The van der Waals surface area contributed by atoms with Crippen LogP contribution in [0.3, 0.4) is 0 Å². The Morgan fingerprint density at radius 2 is 1.95 bits per heavy atom. The van der Waals surface area contributed by atoms with Crippen molar-refractivity contribution >= 4 is 10.8 Å². The van der Waals surface area contributed by atoms with Crippen molar-refractivity contribution in [2.45, 2.75) is 51.7 Å². The quantitative estimate of drug-likeness (QED) is 0.873. The molecule has 112 valence electrons. The third-order valence-electron chi connectivity index (χ3n) is 4.53. The molecule has 0 radical (unpaired) electrons. The van der Waals surface area contributed by atoms with Crippen LogP contribution >= 0.6 is 0 Å². The second kappa shape index (κ2) is 6.07. The number of benzene rings is 2. The maximum absolute atomic E-state index is 10.1. The van der Waals surface area contributed by atoms with E-state index in [1.165, 1.54) is 18.2 Å². The average molecular weight is 284 g/mol. The second-order valence-electron chi connectivity index (χ2n) is 6.39. The van der Waals surface area contributed by atoms with E-state index in [1.54, 1.807) is 6.92 Å². The first-order chi connectivity index (χ1) is 10.1. The van der Waals surface area contributed by atoms with Crippen LogP contribution in [0.5, 0.6) is 5.75 Å². The van der Waals surface area contributed by atoms with Crippen LogP contribution < -0.4 is 4.74 Å². The summed E-state index contributed by atoms with van der Waals surface area (Å²) in [5.74, 6) is 1.61. The SMILES string of the molecule is CC1CCCC(Oc2c(C(C)O)ccc3ccccc23)C1. The molecular weight excluding hydrogens is 260 g/mol. The topological polar surface area (TPSA) is 29.5 Å². The Labute approximate surface area is 126 Å². The lowest BCUT2D eigenvalue weighted by Crippen LogP contribution is -2.24. The van der Waals surface area contributed by atoms with Crippen molar-refractivity contribution < 1.29 is 9.84 Å². The minimum absolute atomic E-state index is 0.275. The van der Waals surface area contributed by atoms with Crippen molar-refractivity contribution in [3.8, 4) is 5.75 Å². The van der Waals surface area contributed by atoms with Gasteiger partial charge in [0.25, 0.3) is 0 Å². The summed E-state index contributed by atoms with van der Waals surface area (Å²) in [5.41, 5.74) is 0.895. The van der Waals surface area contributed by atoms with Crippen LogP contribution in [-0.2, 0) is 0 Å². The Kier molecular flexibility index (Phi) is 4.16. The fourth-order valence-corrected chi connectivity index (χ4v) is 3.37. The molecule has 2 aromatic rings. The maximum Gasteiger partial charge on any atom is 0.133 e. The fraction of sp³-hybridized carbons (Fsp3) is 0.474. The largest absolute Gasteiger partial charge is 0.489 e. The van der Waals surface area contributed by atoms with E-state index in [-0.39, 0.29) is 6.10 Å². The van der Waals surface area contributed by atoms with Gasteiger partial charge in [0.2, 0.25) is 0 Å². The molecule has 2 nitrogen and oxygen atoms in total. The van der Waals surface area contributed by atoms with Gasteiger partial charge in [0.15, 0.2) is 0 Å². The zero-order chi connectivity index (χ0) is 14.8. The summed E-state index contributed by atoms with van der Waals surface area (Å²) < 4.78 is 6.37. The van der Waals surface area contributed by atoms with Crippen molar-refractivity contribution in [3.05, 3.63) is 42.0 Å². The lowest BCUT2D eigenvalue weighted by atomic mass is 9.88. The molecule has 2 aromatic carbocycles. The van der Waals surface area contributed by atoms with Crippen LogP contribution in [0.15, 0.2) is 36.4 Å². The van der Waals surface area contributed by atoms with E-state index in [0.717, 1.165) is 35.5 Å².